The number of likely N-dealkylation sites (tertiary alicyclic amines) is 1. The molecule has 1 aliphatic rings. The molecule has 2 atom stereocenters. The van der Waals surface area contributed by atoms with E-state index >= 15 is 0 Å². The standard InChI is InChI=1S/C9H16ClNO3/c1-7(12)8-3-2-4-11(5-8)9(13)14-6-10/h7-8,12H,2-6H2,1H3. The Kier molecular flexibility index (Phi) is 4.48. The summed E-state index contributed by atoms with van der Waals surface area (Å²) in [7, 11) is 0. The molecule has 0 saturated carbocycles. The summed E-state index contributed by atoms with van der Waals surface area (Å²) < 4.78 is 4.68. The fraction of sp³-hybridized carbons (Fsp3) is 0.889. The molecule has 2 unspecified atom stereocenters. The zero-order valence-electron chi connectivity index (χ0n) is 8.28. The van der Waals surface area contributed by atoms with E-state index in [2.05, 4.69) is 4.74 Å². The maximum Gasteiger partial charge on any atom is 0.410 e. The third kappa shape index (κ3) is 3.03. The predicted molar refractivity (Wildman–Crippen MR) is 53.2 cm³/mol. The van der Waals surface area contributed by atoms with Gasteiger partial charge in [0.1, 0.15) is 0 Å². The van der Waals surface area contributed by atoms with Crippen LogP contribution in [0, 0.1) is 5.92 Å². The monoisotopic (exact) mass is 221 g/mol. The smallest absolute Gasteiger partial charge is 0.410 e. The van der Waals surface area contributed by atoms with Gasteiger partial charge in [0.25, 0.3) is 0 Å². The number of rotatable bonds is 2. The van der Waals surface area contributed by atoms with Crippen molar-refractivity contribution in [3.8, 4) is 0 Å². The molecule has 0 aromatic carbocycles. The number of aliphatic hydroxyl groups is 1. The summed E-state index contributed by atoms with van der Waals surface area (Å²) >= 11 is 5.30. The number of alkyl halides is 1. The summed E-state index contributed by atoms with van der Waals surface area (Å²) in [6, 6.07) is -0.116. The van der Waals surface area contributed by atoms with Crippen LogP contribution in [-0.4, -0.2) is 41.4 Å². The van der Waals surface area contributed by atoms with Gasteiger partial charge in [-0.3, -0.25) is 0 Å². The average molecular weight is 222 g/mol. The Labute approximate surface area is 88.8 Å². The summed E-state index contributed by atoms with van der Waals surface area (Å²) in [6.07, 6.45) is 1.11. The van der Waals surface area contributed by atoms with Gasteiger partial charge in [-0.05, 0) is 19.8 Å². The topological polar surface area (TPSA) is 49.8 Å². The van der Waals surface area contributed by atoms with Gasteiger partial charge < -0.3 is 14.7 Å². The van der Waals surface area contributed by atoms with Gasteiger partial charge in [-0.2, -0.15) is 0 Å². The predicted octanol–water partition coefficient (Wildman–Crippen LogP) is 1.41. The molecule has 0 aromatic heterocycles. The fourth-order valence-electron chi connectivity index (χ4n) is 1.71. The fourth-order valence-corrected chi connectivity index (χ4v) is 1.80. The van der Waals surface area contributed by atoms with E-state index in [4.69, 9.17) is 11.6 Å². The Hall–Kier alpha value is -0.480. The molecule has 1 saturated heterocycles. The van der Waals surface area contributed by atoms with Crippen molar-refractivity contribution in [2.75, 3.05) is 19.2 Å². The van der Waals surface area contributed by atoms with Gasteiger partial charge in [-0.1, -0.05) is 11.6 Å². The Balaban J connectivity index is 2.43. The molecule has 0 aliphatic carbocycles. The van der Waals surface area contributed by atoms with Crippen LogP contribution in [-0.2, 0) is 4.74 Å². The van der Waals surface area contributed by atoms with Gasteiger partial charge in [-0.25, -0.2) is 4.79 Å². The third-order valence-corrected chi connectivity index (χ3v) is 2.69. The van der Waals surface area contributed by atoms with Gasteiger partial charge in [0.2, 0.25) is 0 Å². The largest absolute Gasteiger partial charge is 0.433 e. The van der Waals surface area contributed by atoms with E-state index in [-0.39, 0.29) is 24.2 Å². The van der Waals surface area contributed by atoms with Crippen molar-refractivity contribution >= 4 is 17.7 Å². The minimum atomic E-state index is -0.384. The van der Waals surface area contributed by atoms with Crippen LogP contribution in [0.3, 0.4) is 0 Å². The number of amides is 1. The van der Waals surface area contributed by atoms with Crippen molar-refractivity contribution in [3.63, 3.8) is 0 Å². The maximum atomic E-state index is 11.3. The molecule has 0 spiro atoms. The van der Waals surface area contributed by atoms with Crippen LogP contribution in [0.1, 0.15) is 19.8 Å². The number of carbonyl (C=O) groups is 1. The van der Waals surface area contributed by atoms with Gasteiger partial charge in [-0.15, -0.1) is 0 Å². The van der Waals surface area contributed by atoms with Gasteiger partial charge in [0.05, 0.1) is 6.10 Å². The first-order valence-corrected chi connectivity index (χ1v) is 5.34. The van der Waals surface area contributed by atoms with Crippen molar-refractivity contribution in [3.05, 3.63) is 0 Å². The molecular weight excluding hydrogens is 206 g/mol. The molecule has 5 heteroatoms. The molecule has 82 valence electrons. The van der Waals surface area contributed by atoms with Crippen LogP contribution in [0.15, 0.2) is 0 Å². The highest BCUT2D eigenvalue weighted by Crippen LogP contribution is 2.20. The molecule has 0 aromatic rings. The van der Waals surface area contributed by atoms with E-state index in [0.717, 1.165) is 12.8 Å². The van der Waals surface area contributed by atoms with Crippen LogP contribution >= 0.6 is 11.6 Å². The molecule has 0 radical (unpaired) electrons. The van der Waals surface area contributed by atoms with Gasteiger partial charge >= 0.3 is 6.09 Å². The summed E-state index contributed by atoms with van der Waals surface area (Å²) in [5.41, 5.74) is 0. The van der Waals surface area contributed by atoms with Crippen LogP contribution in [0.4, 0.5) is 4.79 Å². The van der Waals surface area contributed by atoms with Gasteiger partial charge in [0.15, 0.2) is 6.07 Å². The number of carbonyl (C=O) groups excluding carboxylic acids is 1. The first-order valence-electron chi connectivity index (χ1n) is 4.81. The highest BCUT2D eigenvalue weighted by molar-refractivity contribution is 6.17. The lowest BCUT2D eigenvalue weighted by Gasteiger charge is -2.33. The number of piperidine rings is 1. The van der Waals surface area contributed by atoms with Crippen LogP contribution < -0.4 is 0 Å². The Bertz CT molecular complexity index is 198. The van der Waals surface area contributed by atoms with Crippen LogP contribution in [0.2, 0.25) is 0 Å². The lowest BCUT2D eigenvalue weighted by molar-refractivity contribution is 0.0529. The average Bonchev–Trinajstić information content (AvgIpc) is 2.18. The number of ether oxygens (including phenoxy) is 1. The third-order valence-electron chi connectivity index (χ3n) is 2.58. The van der Waals surface area contributed by atoms with E-state index in [1.165, 1.54) is 0 Å². The van der Waals surface area contributed by atoms with Crippen LogP contribution in [0.5, 0.6) is 0 Å². The first-order chi connectivity index (χ1) is 6.65. The van der Waals surface area contributed by atoms with Crippen molar-refractivity contribution in [1.29, 1.82) is 0 Å². The Morgan fingerprint density at radius 1 is 1.79 bits per heavy atom. The molecule has 1 aliphatic heterocycles. The van der Waals surface area contributed by atoms with Crippen LogP contribution in [0.25, 0.3) is 0 Å². The highest BCUT2D eigenvalue weighted by atomic mass is 35.5. The minimum absolute atomic E-state index is 0.116. The number of halogens is 1. The zero-order valence-corrected chi connectivity index (χ0v) is 9.04. The zero-order chi connectivity index (χ0) is 10.6. The highest BCUT2D eigenvalue weighted by Gasteiger charge is 2.26. The normalized spacial score (nSPS) is 24.5. The lowest BCUT2D eigenvalue weighted by Crippen LogP contribution is -2.43. The van der Waals surface area contributed by atoms with Crippen molar-refractivity contribution < 1.29 is 14.6 Å². The van der Waals surface area contributed by atoms with Crippen molar-refractivity contribution in [2.45, 2.75) is 25.9 Å². The lowest BCUT2D eigenvalue weighted by atomic mass is 9.94. The summed E-state index contributed by atoms with van der Waals surface area (Å²) in [6.45, 7) is 3.01. The Morgan fingerprint density at radius 3 is 3.07 bits per heavy atom. The molecule has 14 heavy (non-hydrogen) atoms. The maximum absolute atomic E-state index is 11.3. The molecule has 1 fully saturated rings. The SMILES string of the molecule is CC(O)C1CCCN(C(=O)OCCl)C1. The quantitative estimate of drug-likeness (QED) is 0.718. The Morgan fingerprint density at radius 2 is 2.50 bits per heavy atom. The van der Waals surface area contributed by atoms with E-state index in [1.807, 2.05) is 0 Å². The molecule has 0 bridgehead atoms. The number of nitrogens with zero attached hydrogens (tertiary/aromatic N) is 1. The molecule has 1 rings (SSSR count). The van der Waals surface area contributed by atoms with Crippen molar-refractivity contribution in [2.24, 2.45) is 5.92 Å². The molecule has 1 amide bonds. The molecule has 4 nitrogen and oxygen atoms in total. The number of aliphatic hydroxyl groups excluding tert-OH is 1. The second kappa shape index (κ2) is 5.41. The molecule has 1 N–H and O–H groups in total. The van der Waals surface area contributed by atoms with E-state index in [1.54, 1.807) is 11.8 Å². The second-order valence-electron chi connectivity index (χ2n) is 3.61. The van der Waals surface area contributed by atoms with Crippen molar-refractivity contribution in [1.82, 2.24) is 4.90 Å². The van der Waals surface area contributed by atoms with E-state index in [0.29, 0.717) is 13.1 Å². The summed E-state index contributed by atoms with van der Waals surface area (Å²) in [5, 5.41) is 9.40. The van der Waals surface area contributed by atoms with E-state index < -0.39 is 0 Å². The molecule has 1 heterocycles. The number of hydrogen-bond donors (Lipinski definition) is 1. The first kappa shape index (κ1) is 11.6. The minimum Gasteiger partial charge on any atom is -0.433 e. The summed E-state index contributed by atoms with van der Waals surface area (Å²) in [4.78, 5) is 12.9. The second-order valence-corrected chi connectivity index (χ2v) is 3.83. The van der Waals surface area contributed by atoms with E-state index in [9.17, 15) is 9.90 Å². The molecular formula is C9H16ClNO3. The van der Waals surface area contributed by atoms with Gasteiger partial charge in [0, 0.05) is 19.0 Å². The summed E-state index contributed by atoms with van der Waals surface area (Å²) in [5.74, 6) is 0.159. The number of hydrogen-bond acceptors (Lipinski definition) is 3.